The number of carbonyl (C=O) groups excluding carboxylic acids is 1. The Morgan fingerprint density at radius 3 is 2.09 bits per heavy atom. The Hall–Kier alpha value is 0.160. The molecule has 1 fully saturated rings. The van der Waals surface area contributed by atoms with E-state index >= 15 is 0 Å². The summed E-state index contributed by atoms with van der Waals surface area (Å²) in [5.41, 5.74) is 0. The fourth-order valence-electron chi connectivity index (χ4n) is 1.13. The topological polar surface area (TPSA) is 20.3 Å². The Labute approximate surface area is 85.0 Å². The highest BCUT2D eigenvalue weighted by Crippen LogP contribution is 2.03. The molecule has 4 heteroatoms. The van der Waals surface area contributed by atoms with Gasteiger partial charge in [0.2, 0.25) is 6.41 Å². The van der Waals surface area contributed by atoms with Crippen molar-refractivity contribution in [2.75, 3.05) is 40.3 Å². The van der Waals surface area contributed by atoms with Crippen LogP contribution in [0.3, 0.4) is 0 Å². The summed E-state index contributed by atoms with van der Waals surface area (Å²) in [6, 6.07) is 0. The monoisotopic (exact) mass is 270 g/mol. The maximum Gasteiger partial charge on any atom is 0.210 e. The summed E-state index contributed by atoms with van der Waals surface area (Å²) >= 11 is 0. The second kappa shape index (κ2) is 4.25. The third-order valence-electron chi connectivity index (χ3n) is 2.13. The van der Waals surface area contributed by atoms with E-state index in [-0.39, 0.29) is 24.0 Å². The molecule has 1 heterocycles. The van der Waals surface area contributed by atoms with Gasteiger partial charge < -0.3 is 33.4 Å². The molecule has 0 atom stereocenters. The number of piperazine rings is 1. The van der Waals surface area contributed by atoms with Crippen LogP contribution in [0, 0.1) is 0 Å². The first kappa shape index (κ1) is 11.2. The summed E-state index contributed by atoms with van der Waals surface area (Å²) < 4.78 is 1.05. The number of rotatable bonds is 1. The van der Waals surface area contributed by atoms with Crippen LogP contribution in [0.5, 0.6) is 0 Å². The van der Waals surface area contributed by atoms with Gasteiger partial charge in [-0.3, -0.25) is 4.79 Å². The highest BCUT2D eigenvalue weighted by molar-refractivity contribution is 5.46. The molecule has 0 aromatic rings. The zero-order valence-electron chi connectivity index (χ0n) is 7.09. The highest BCUT2D eigenvalue weighted by Gasteiger charge is 2.22. The third-order valence-corrected chi connectivity index (χ3v) is 2.13. The average molecular weight is 270 g/mol. The van der Waals surface area contributed by atoms with Gasteiger partial charge in [-0.15, -0.1) is 0 Å². The number of hydrogen-bond acceptors (Lipinski definition) is 1. The van der Waals surface area contributed by atoms with Crippen LogP contribution in [0.2, 0.25) is 0 Å². The van der Waals surface area contributed by atoms with Gasteiger partial charge in [-0.2, -0.15) is 0 Å². The first-order valence-corrected chi connectivity index (χ1v) is 3.65. The molecule has 0 aromatic carbocycles. The Balaban J connectivity index is 0.000001000. The minimum absolute atomic E-state index is 0. The Bertz CT molecular complexity index is 128. The molecule has 1 aliphatic rings. The van der Waals surface area contributed by atoms with Crippen molar-refractivity contribution < 1.29 is 33.3 Å². The second-order valence-electron chi connectivity index (χ2n) is 3.52. The summed E-state index contributed by atoms with van der Waals surface area (Å²) in [6.07, 6.45) is 0.944. The predicted octanol–water partition coefficient (Wildman–Crippen LogP) is -3.46. The van der Waals surface area contributed by atoms with Crippen LogP contribution in [0.25, 0.3) is 0 Å². The van der Waals surface area contributed by atoms with Crippen molar-refractivity contribution in [1.82, 2.24) is 4.90 Å². The molecule has 0 aliphatic carbocycles. The first-order valence-electron chi connectivity index (χ1n) is 3.65. The third kappa shape index (κ3) is 3.37. The molecule has 3 nitrogen and oxygen atoms in total. The SMILES string of the molecule is C[N+]1(C)CCN(C=O)CC1.[I-]. The Kier molecular flexibility index (Phi) is 4.31. The molecule has 1 amide bonds. The number of nitrogens with zero attached hydrogens (tertiary/aromatic N) is 2. The van der Waals surface area contributed by atoms with Crippen LogP contribution in [0.1, 0.15) is 0 Å². The van der Waals surface area contributed by atoms with Crippen molar-refractivity contribution in [3.63, 3.8) is 0 Å². The van der Waals surface area contributed by atoms with Crippen molar-refractivity contribution in [3.05, 3.63) is 0 Å². The van der Waals surface area contributed by atoms with E-state index < -0.39 is 0 Å². The summed E-state index contributed by atoms with van der Waals surface area (Å²) in [5, 5.41) is 0. The molecule has 0 radical (unpaired) electrons. The zero-order chi connectivity index (χ0) is 7.61. The van der Waals surface area contributed by atoms with Crippen molar-refractivity contribution in [3.8, 4) is 0 Å². The van der Waals surface area contributed by atoms with Crippen molar-refractivity contribution >= 4 is 6.41 Å². The number of carbonyl (C=O) groups is 1. The molecule has 11 heavy (non-hydrogen) atoms. The van der Waals surface area contributed by atoms with Gasteiger partial charge in [0, 0.05) is 0 Å². The fourth-order valence-corrected chi connectivity index (χ4v) is 1.13. The molecule has 0 unspecified atom stereocenters. The van der Waals surface area contributed by atoms with E-state index in [4.69, 9.17) is 0 Å². The maximum absolute atomic E-state index is 10.3. The van der Waals surface area contributed by atoms with E-state index in [1.807, 2.05) is 4.90 Å². The van der Waals surface area contributed by atoms with Gasteiger partial charge in [0.1, 0.15) is 0 Å². The van der Waals surface area contributed by atoms with Crippen LogP contribution in [0.4, 0.5) is 0 Å². The van der Waals surface area contributed by atoms with E-state index in [1.165, 1.54) is 0 Å². The van der Waals surface area contributed by atoms with Gasteiger partial charge in [-0.05, 0) is 0 Å². The van der Waals surface area contributed by atoms with Gasteiger partial charge in [0.25, 0.3) is 0 Å². The van der Waals surface area contributed by atoms with Gasteiger partial charge >= 0.3 is 0 Å². The largest absolute Gasteiger partial charge is 1.00 e. The Morgan fingerprint density at radius 1 is 1.27 bits per heavy atom. The number of halogens is 1. The molecular formula is C7H15IN2O. The molecule has 0 bridgehead atoms. The van der Waals surface area contributed by atoms with Gasteiger partial charge in [0.15, 0.2) is 0 Å². The predicted molar refractivity (Wildman–Crippen MR) is 39.5 cm³/mol. The lowest BCUT2D eigenvalue weighted by molar-refractivity contribution is -0.894. The zero-order valence-corrected chi connectivity index (χ0v) is 9.24. The van der Waals surface area contributed by atoms with Gasteiger partial charge in [-0.25, -0.2) is 0 Å². The smallest absolute Gasteiger partial charge is 0.210 e. The minimum Gasteiger partial charge on any atom is -1.00 e. The lowest BCUT2D eigenvalue weighted by Gasteiger charge is -2.37. The van der Waals surface area contributed by atoms with E-state index in [0.29, 0.717) is 0 Å². The molecule has 1 rings (SSSR count). The molecule has 66 valence electrons. The normalized spacial score (nSPS) is 22.2. The van der Waals surface area contributed by atoms with Crippen molar-refractivity contribution in [2.45, 2.75) is 0 Å². The van der Waals surface area contributed by atoms with Crippen LogP contribution in [-0.2, 0) is 4.79 Å². The first-order chi connectivity index (χ1) is 4.64. The highest BCUT2D eigenvalue weighted by atomic mass is 127. The molecule has 0 N–H and O–H groups in total. The molecule has 1 saturated heterocycles. The van der Waals surface area contributed by atoms with Crippen LogP contribution >= 0.6 is 0 Å². The van der Waals surface area contributed by atoms with Crippen LogP contribution in [0.15, 0.2) is 0 Å². The second-order valence-corrected chi connectivity index (χ2v) is 3.52. The fraction of sp³-hybridized carbons (Fsp3) is 0.857. The maximum atomic E-state index is 10.3. The number of quaternary nitrogens is 1. The van der Waals surface area contributed by atoms with E-state index in [0.717, 1.165) is 37.1 Å². The summed E-state index contributed by atoms with van der Waals surface area (Å²) in [4.78, 5) is 12.1. The number of likely N-dealkylation sites (N-methyl/N-ethyl adjacent to an activating group) is 1. The van der Waals surface area contributed by atoms with E-state index in [9.17, 15) is 4.79 Å². The molecule has 0 saturated carbocycles. The van der Waals surface area contributed by atoms with E-state index in [1.54, 1.807) is 0 Å². The van der Waals surface area contributed by atoms with Crippen molar-refractivity contribution in [2.24, 2.45) is 0 Å². The molecule has 0 aromatic heterocycles. The molecular weight excluding hydrogens is 255 g/mol. The van der Waals surface area contributed by atoms with Crippen LogP contribution < -0.4 is 24.0 Å². The lowest BCUT2D eigenvalue weighted by Crippen LogP contribution is -3.00. The summed E-state index contributed by atoms with van der Waals surface area (Å²) in [7, 11) is 4.39. The minimum atomic E-state index is 0. The quantitative estimate of drug-likeness (QED) is 0.275. The molecule has 0 spiro atoms. The lowest BCUT2D eigenvalue weighted by atomic mass is 10.3. The van der Waals surface area contributed by atoms with Gasteiger partial charge in [0.05, 0.1) is 40.3 Å². The number of amides is 1. The van der Waals surface area contributed by atoms with Crippen LogP contribution in [-0.4, -0.2) is 56.1 Å². The Morgan fingerprint density at radius 2 is 1.73 bits per heavy atom. The standard InChI is InChI=1S/C7H15N2O.HI/c1-9(2)5-3-8(7-10)4-6-9;/h7H,3-6H2,1-2H3;1H/q+1;/p-1. The molecule has 1 aliphatic heterocycles. The number of hydrogen-bond donors (Lipinski definition) is 0. The average Bonchev–Trinajstić information content (AvgIpc) is 1.88. The summed E-state index contributed by atoms with van der Waals surface area (Å²) in [5.74, 6) is 0. The van der Waals surface area contributed by atoms with E-state index in [2.05, 4.69) is 14.1 Å². The van der Waals surface area contributed by atoms with Gasteiger partial charge in [-0.1, -0.05) is 0 Å². The van der Waals surface area contributed by atoms with Crippen molar-refractivity contribution in [1.29, 1.82) is 0 Å². The summed E-state index contributed by atoms with van der Waals surface area (Å²) in [6.45, 7) is 3.99.